The molecule has 1 saturated heterocycles. The van der Waals surface area contributed by atoms with E-state index in [4.69, 9.17) is 9.84 Å². The maximum absolute atomic E-state index is 13.8. The second kappa shape index (κ2) is 26.5. The first-order valence-electron chi connectivity index (χ1n) is 21.8. The molecule has 4 N–H and O–H groups in total. The van der Waals surface area contributed by atoms with Crippen molar-refractivity contribution in [3.63, 3.8) is 0 Å². The molecule has 3 rings (SSSR count). The van der Waals surface area contributed by atoms with E-state index in [0.29, 0.717) is 63.9 Å². The molecule has 1 fully saturated rings. The van der Waals surface area contributed by atoms with Crippen molar-refractivity contribution in [2.45, 2.75) is 136 Å². The van der Waals surface area contributed by atoms with Gasteiger partial charge in [-0.1, -0.05) is 39.0 Å². The summed E-state index contributed by atoms with van der Waals surface area (Å²) in [6.07, 6.45) is 4.77. The van der Waals surface area contributed by atoms with E-state index in [9.17, 15) is 45.0 Å². The van der Waals surface area contributed by atoms with Crippen molar-refractivity contribution in [1.82, 2.24) is 20.4 Å². The van der Waals surface area contributed by atoms with Crippen molar-refractivity contribution in [3.05, 3.63) is 48.5 Å². The molecule has 14 nitrogen and oxygen atoms in total. The monoisotopic (exact) mass is 960 g/mol. The largest absolute Gasteiger partial charge is 0.505 e. The van der Waals surface area contributed by atoms with E-state index in [0.717, 1.165) is 23.8 Å². The molecule has 1 heterocycles. The number of aliphatic hydroxyl groups excluding tert-OH is 1. The number of benzene rings is 2. The number of alkyl halides is 3. The van der Waals surface area contributed by atoms with Crippen molar-refractivity contribution in [1.29, 1.82) is 0 Å². The Balaban J connectivity index is 1.64. The van der Waals surface area contributed by atoms with E-state index in [1.54, 1.807) is 19.0 Å². The van der Waals surface area contributed by atoms with E-state index in [1.165, 1.54) is 23.9 Å². The number of anilines is 1. The van der Waals surface area contributed by atoms with Crippen molar-refractivity contribution >= 4 is 62.5 Å². The zero-order chi connectivity index (χ0) is 47.5. The van der Waals surface area contributed by atoms with Crippen molar-refractivity contribution in [2.24, 2.45) is 5.41 Å². The van der Waals surface area contributed by atoms with Crippen LogP contribution in [0.3, 0.4) is 0 Å². The number of Topliss-reactive ketones (excluding diaryl/α,β-unsaturated/α-hetero) is 1. The third kappa shape index (κ3) is 16.6. The summed E-state index contributed by atoms with van der Waals surface area (Å²) in [6.45, 7) is 6.99. The number of hydrogen-bond donors (Lipinski definition) is 4. The van der Waals surface area contributed by atoms with Gasteiger partial charge in [0.2, 0.25) is 11.8 Å². The molecule has 0 saturated carbocycles. The van der Waals surface area contributed by atoms with Gasteiger partial charge in [-0.25, -0.2) is 8.42 Å². The average molecular weight is 961 g/mol. The number of ketones is 1. The molecule has 20 heteroatoms. The summed E-state index contributed by atoms with van der Waals surface area (Å²) in [5.74, 6) is -0.852. The van der Waals surface area contributed by atoms with Crippen LogP contribution in [-0.2, 0) is 49.6 Å². The Bertz CT molecular complexity index is 1940. The molecular formula is C44H65F3N5O9S3+. The van der Waals surface area contributed by atoms with Gasteiger partial charge in [-0.3, -0.25) is 29.0 Å². The van der Waals surface area contributed by atoms with Crippen LogP contribution >= 0.6 is 11.8 Å². The molecule has 64 heavy (non-hydrogen) atoms. The molecule has 2 aromatic rings. The number of sulfone groups is 1. The number of likely N-dealkylation sites (tertiary alicyclic amines) is 1. The van der Waals surface area contributed by atoms with Crippen LogP contribution in [0.25, 0.3) is 0 Å². The summed E-state index contributed by atoms with van der Waals surface area (Å²) in [5.41, 5.74) is -6.48. The quantitative estimate of drug-likeness (QED) is 0.0322. The molecule has 2 aromatic carbocycles. The van der Waals surface area contributed by atoms with Gasteiger partial charge < -0.3 is 25.8 Å². The van der Waals surface area contributed by atoms with Crippen LogP contribution in [0.5, 0.6) is 0 Å². The van der Waals surface area contributed by atoms with Gasteiger partial charge >= 0.3 is 23.1 Å². The summed E-state index contributed by atoms with van der Waals surface area (Å²) in [7, 11) is -2.36. The Hall–Kier alpha value is -3.69. The van der Waals surface area contributed by atoms with E-state index in [2.05, 4.69) is 20.9 Å². The van der Waals surface area contributed by atoms with Gasteiger partial charge in [-0.2, -0.15) is 13.2 Å². The van der Waals surface area contributed by atoms with Crippen molar-refractivity contribution < 1.29 is 54.8 Å². The highest BCUT2D eigenvalue weighted by atomic mass is 32.2. The lowest BCUT2D eigenvalue weighted by Crippen LogP contribution is -2.52. The molecule has 1 unspecified atom stereocenters. The number of thioether (sulfide) groups is 1. The zero-order valence-corrected chi connectivity index (χ0v) is 39.9. The number of amides is 2. The third-order valence-electron chi connectivity index (χ3n) is 11.8. The molecule has 0 spiro atoms. The van der Waals surface area contributed by atoms with Crippen LogP contribution < -0.4 is 16.0 Å². The maximum atomic E-state index is 13.8. The van der Waals surface area contributed by atoms with Crippen LogP contribution in [0.4, 0.5) is 18.9 Å². The SMILES string of the molecule is CCC(C)(CC)C(=O)C(CCCCNC(=O)CCO)NC(=O)[C@H](CCC(=O)OCCN1CCC[C@H]1C[C@H](CSc1ccccc1)Nc1ccc([S+]=O)cc1S(=O)(=O)C(F)(F)F)N(C)C. The number of carbonyl (C=O) groups excluding carboxylic acids is 4. The van der Waals surface area contributed by atoms with Gasteiger partial charge in [0.05, 0.1) is 24.4 Å². The summed E-state index contributed by atoms with van der Waals surface area (Å²) < 4.78 is 83.7. The molecule has 2 amide bonds. The molecule has 0 bridgehead atoms. The Morgan fingerprint density at radius 3 is 2.36 bits per heavy atom. The van der Waals surface area contributed by atoms with Gasteiger partial charge in [0.15, 0.2) is 5.78 Å². The minimum Gasteiger partial charge on any atom is -0.464 e. The lowest BCUT2D eigenvalue weighted by molar-refractivity contribution is -0.145. The third-order valence-corrected chi connectivity index (χ3v) is 15.0. The topological polar surface area (TPSA) is 192 Å². The van der Waals surface area contributed by atoms with Crippen LogP contribution in [-0.4, -0.2) is 129 Å². The normalized spacial score (nSPS) is 16.2. The van der Waals surface area contributed by atoms with Gasteiger partial charge in [0.1, 0.15) is 11.5 Å². The highest BCUT2D eigenvalue weighted by Gasteiger charge is 2.49. The molecule has 358 valence electrons. The highest BCUT2D eigenvalue weighted by molar-refractivity contribution is 7.99. The minimum atomic E-state index is -5.79. The van der Waals surface area contributed by atoms with Crippen LogP contribution in [0.2, 0.25) is 0 Å². The number of aliphatic hydroxyl groups is 1. The van der Waals surface area contributed by atoms with E-state index >= 15 is 0 Å². The van der Waals surface area contributed by atoms with Gasteiger partial charge in [0.25, 0.3) is 14.7 Å². The first-order valence-corrected chi connectivity index (χ1v) is 25.0. The summed E-state index contributed by atoms with van der Waals surface area (Å²) in [5, 5.41) is 17.7. The minimum absolute atomic E-state index is 0.0115. The summed E-state index contributed by atoms with van der Waals surface area (Å²) >= 11 is 1.36. The number of hydrogen-bond acceptors (Lipinski definition) is 13. The first-order chi connectivity index (χ1) is 30.3. The number of carbonyl (C=O) groups is 4. The molecule has 4 atom stereocenters. The molecular weight excluding hydrogens is 896 g/mol. The van der Waals surface area contributed by atoms with E-state index < -0.39 is 49.8 Å². The summed E-state index contributed by atoms with van der Waals surface area (Å²) in [4.78, 5) is 55.8. The number of esters is 1. The molecule has 1 aliphatic heterocycles. The smallest absolute Gasteiger partial charge is 0.464 e. The van der Waals surface area contributed by atoms with Gasteiger partial charge in [-0.05, 0) is 96.6 Å². The fraction of sp³-hybridized carbons (Fsp3) is 0.636. The number of nitrogens with zero attached hydrogens (tertiary/aromatic N) is 2. The second-order valence-corrected chi connectivity index (χ2v) is 20.1. The Kier molecular flexibility index (Phi) is 22.6. The molecule has 0 radical (unpaired) electrons. The molecule has 0 aromatic heterocycles. The number of rotatable bonds is 29. The Labute approximate surface area is 384 Å². The van der Waals surface area contributed by atoms with Gasteiger partial charge in [0, 0.05) is 70.4 Å². The number of ether oxygens (including phenoxy) is 1. The Morgan fingerprint density at radius 1 is 1.03 bits per heavy atom. The predicted octanol–water partition coefficient (Wildman–Crippen LogP) is 6.00. The fourth-order valence-corrected chi connectivity index (χ4v) is 9.86. The summed E-state index contributed by atoms with van der Waals surface area (Å²) in [6, 6.07) is 10.5. The van der Waals surface area contributed by atoms with E-state index in [-0.39, 0.29) is 78.4 Å². The lowest BCUT2D eigenvalue weighted by atomic mass is 9.76. The average Bonchev–Trinajstić information content (AvgIpc) is 3.70. The zero-order valence-electron chi connectivity index (χ0n) is 37.4. The number of unbranched alkanes of at least 4 members (excludes halogenated alkanes) is 1. The molecule has 1 aliphatic rings. The first kappa shape index (κ1) is 54.6. The highest BCUT2D eigenvalue weighted by Crippen LogP contribution is 2.37. The molecule has 0 aliphatic carbocycles. The van der Waals surface area contributed by atoms with Crippen LogP contribution in [0.1, 0.15) is 91.4 Å². The van der Waals surface area contributed by atoms with Crippen LogP contribution in [0, 0.1) is 5.41 Å². The number of nitrogens with one attached hydrogen (secondary N) is 3. The van der Waals surface area contributed by atoms with Crippen molar-refractivity contribution in [2.75, 3.05) is 58.0 Å². The van der Waals surface area contributed by atoms with Crippen molar-refractivity contribution in [3.8, 4) is 0 Å². The standard InChI is InChI=1S/C44H64F3N5O9S3/c1-6-43(3,7-2)41(56)36(17-11-12-23-48-39(54)22-26-53)50-42(57)37(51(4)5)20-21-40(55)61-27-25-52-24-13-14-32(52)28-31(30-62-33-15-9-8-10-16-33)49-35-19-18-34(63-58)29-38(35)64(59,60)44(45,46)47/h8-10,15-16,18-19,29,31-32,36-37,53H,6-7,11-14,17,20-28,30H2,1-5H3,(H2-,48,49,50,54,57,58)/p+1/t31-,32+,36?,37+/m1/s1. The van der Waals surface area contributed by atoms with E-state index in [1.807, 2.05) is 51.1 Å². The van der Waals surface area contributed by atoms with Gasteiger partial charge in [-0.15, -0.1) is 11.8 Å². The van der Waals surface area contributed by atoms with Crippen LogP contribution in [0.15, 0.2) is 63.2 Å². The lowest BCUT2D eigenvalue weighted by Gasteiger charge is -2.32. The number of likely N-dealkylation sites (N-methyl/N-ethyl adjacent to an activating group) is 1. The number of halogens is 3. The maximum Gasteiger partial charge on any atom is 0.505 e. The predicted molar refractivity (Wildman–Crippen MR) is 242 cm³/mol. The fourth-order valence-electron chi connectivity index (χ4n) is 7.58. The Morgan fingerprint density at radius 2 is 1.73 bits per heavy atom. The second-order valence-electron chi connectivity index (χ2n) is 16.5.